The molecule has 0 saturated heterocycles. The molecule has 0 aliphatic carbocycles. The lowest BCUT2D eigenvalue weighted by Gasteiger charge is -2.18. The van der Waals surface area contributed by atoms with E-state index in [1.807, 2.05) is 28.2 Å². The van der Waals surface area contributed by atoms with Gasteiger partial charge in [0.25, 0.3) is 0 Å². The zero-order valence-corrected chi connectivity index (χ0v) is 23.6. The molecular weight excluding hydrogens is 464 g/mol. The summed E-state index contributed by atoms with van der Waals surface area (Å²) in [5.41, 5.74) is 0. The minimum absolute atomic E-state index is 0. The zero-order chi connectivity index (χ0) is 21.7. The van der Waals surface area contributed by atoms with E-state index in [1.165, 1.54) is 89.9 Å². The van der Waals surface area contributed by atoms with Crippen LogP contribution in [0.4, 0.5) is 0 Å². The van der Waals surface area contributed by atoms with E-state index in [9.17, 15) is 10.4 Å². The minimum Gasteiger partial charge on any atom is -1.00 e. The van der Waals surface area contributed by atoms with Crippen molar-refractivity contribution in [1.82, 2.24) is 0 Å². The fourth-order valence-electron chi connectivity index (χ4n) is 3.27. The lowest BCUT2D eigenvalue weighted by molar-refractivity contribution is -1.07. The van der Waals surface area contributed by atoms with Crippen LogP contribution in [0.2, 0.25) is 0 Å². The molecule has 6 heteroatoms. The number of hydroxylamine groups is 6. The van der Waals surface area contributed by atoms with E-state index in [4.69, 9.17) is 0 Å². The van der Waals surface area contributed by atoms with Gasteiger partial charge in [0.05, 0.1) is 28.2 Å². The number of rotatable bonds is 18. The van der Waals surface area contributed by atoms with Crippen LogP contribution in [0.5, 0.6) is 0 Å². The summed E-state index contributed by atoms with van der Waals surface area (Å²) in [6.07, 6.45) is 21.3. The largest absolute Gasteiger partial charge is 1.00 e. The van der Waals surface area contributed by atoms with Crippen molar-refractivity contribution in [2.75, 3.05) is 41.3 Å². The Labute approximate surface area is 206 Å². The molecule has 0 aliphatic heterocycles. The predicted octanol–water partition coefficient (Wildman–Crippen LogP) is 1.19. The second-order valence-corrected chi connectivity index (χ2v) is 9.64. The first-order chi connectivity index (χ1) is 13.1. The molecule has 0 atom stereocenters. The number of nitrogens with zero attached hydrogens (tertiary/aromatic N) is 2. The maximum absolute atomic E-state index is 9.43. The Morgan fingerprint density at radius 1 is 0.433 bits per heavy atom. The van der Waals surface area contributed by atoms with Gasteiger partial charge in [0.1, 0.15) is 13.1 Å². The van der Waals surface area contributed by atoms with Gasteiger partial charge in [0.2, 0.25) is 0 Å². The Morgan fingerprint density at radius 2 is 0.633 bits per heavy atom. The number of quaternary nitrogens is 2. The standard InChI is InChI=1S/2C12H28NO.BrH.ClH/c2*1-4-5-6-7-8-9-10-11-12-13(2,3)14;;/h2*14H,4-12H2,1-3H3;2*1H/q2*+1;;/p-2. The van der Waals surface area contributed by atoms with Gasteiger partial charge in [-0.25, -0.2) is 10.4 Å². The Morgan fingerprint density at radius 3 is 0.833 bits per heavy atom. The molecule has 0 amide bonds. The van der Waals surface area contributed by atoms with Crippen molar-refractivity contribution in [1.29, 1.82) is 0 Å². The van der Waals surface area contributed by atoms with Crippen LogP contribution in [0.3, 0.4) is 0 Å². The van der Waals surface area contributed by atoms with E-state index in [2.05, 4.69) is 13.8 Å². The first-order valence-electron chi connectivity index (χ1n) is 12.2. The van der Waals surface area contributed by atoms with Crippen LogP contribution >= 0.6 is 0 Å². The molecule has 0 saturated carbocycles. The van der Waals surface area contributed by atoms with Gasteiger partial charge >= 0.3 is 0 Å². The Hall–Kier alpha value is 0.610. The van der Waals surface area contributed by atoms with Gasteiger partial charge in [-0.15, -0.1) is 0 Å². The quantitative estimate of drug-likeness (QED) is 0.162. The number of halogens is 2. The molecular formula is C24H56BrClN2O2. The van der Waals surface area contributed by atoms with Gasteiger partial charge in [-0.3, -0.25) is 0 Å². The SMILES string of the molecule is CCCCCCCCCC[N+](C)(C)O.CCCCCCCCCC[N+](C)(C)O.[Br-].[Cl-]. The van der Waals surface area contributed by atoms with Crippen molar-refractivity contribution in [3.63, 3.8) is 0 Å². The van der Waals surface area contributed by atoms with Crippen molar-refractivity contribution in [2.45, 2.75) is 117 Å². The van der Waals surface area contributed by atoms with Gasteiger partial charge in [-0.2, -0.15) is 9.29 Å². The highest BCUT2D eigenvalue weighted by Crippen LogP contribution is 2.10. The normalized spacial score (nSPS) is 11.2. The van der Waals surface area contributed by atoms with E-state index >= 15 is 0 Å². The number of hydrogen-bond acceptors (Lipinski definition) is 2. The van der Waals surface area contributed by atoms with Crippen LogP contribution < -0.4 is 29.4 Å². The molecule has 4 nitrogen and oxygen atoms in total. The predicted molar refractivity (Wildman–Crippen MR) is 123 cm³/mol. The van der Waals surface area contributed by atoms with E-state index < -0.39 is 0 Å². The van der Waals surface area contributed by atoms with Crippen molar-refractivity contribution >= 4 is 0 Å². The fraction of sp³-hybridized carbons (Fsp3) is 1.00. The van der Waals surface area contributed by atoms with Gasteiger partial charge in [-0.05, 0) is 25.7 Å². The Bertz CT molecular complexity index is 279. The van der Waals surface area contributed by atoms with Crippen LogP contribution in [-0.2, 0) is 0 Å². The molecule has 0 rings (SSSR count). The van der Waals surface area contributed by atoms with Crippen molar-refractivity contribution in [3.8, 4) is 0 Å². The number of hydrogen-bond donors (Lipinski definition) is 2. The van der Waals surface area contributed by atoms with E-state index in [-0.39, 0.29) is 38.7 Å². The molecule has 30 heavy (non-hydrogen) atoms. The topological polar surface area (TPSA) is 40.5 Å². The molecule has 0 bridgehead atoms. The molecule has 0 unspecified atom stereocenters. The molecule has 0 spiro atoms. The zero-order valence-electron chi connectivity index (χ0n) is 21.3. The summed E-state index contributed by atoms with van der Waals surface area (Å²) in [5, 5.41) is 18.9. The molecule has 0 aliphatic rings. The van der Waals surface area contributed by atoms with Gasteiger partial charge in [0, 0.05) is 0 Å². The molecule has 188 valence electrons. The van der Waals surface area contributed by atoms with E-state index in [1.54, 1.807) is 0 Å². The summed E-state index contributed by atoms with van der Waals surface area (Å²) < 4.78 is 0.242. The summed E-state index contributed by atoms with van der Waals surface area (Å²) >= 11 is 0. The summed E-state index contributed by atoms with van der Waals surface area (Å²) in [5.74, 6) is 0. The first kappa shape index (κ1) is 37.9. The summed E-state index contributed by atoms with van der Waals surface area (Å²) in [6.45, 7) is 6.27. The van der Waals surface area contributed by atoms with Crippen molar-refractivity contribution in [3.05, 3.63) is 0 Å². The smallest absolute Gasteiger partial charge is 0.108 e. The minimum atomic E-state index is 0. The average molecular weight is 520 g/mol. The van der Waals surface area contributed by atoms with E-state index in [0.717, 1.165) is 25.9 Å². The third kappa shape index (κ3) is 42.7. The van der Waals surface area contributed by atoms with Gasteiger partial charge in [0.15, 0.2) is 0 Å². The van der Waals surface area contributed by atoms with Crippen molar-refractivity contribution < 1.29 is 49.1 Å². The molecule has 0 aromatic rings. The first-order valence-corrected chi connectivity index (χ1v) is 12.2. The van der Waals surface area contributed by atoms with Crippen LogP contribution in [0.1, 0.15) is 117 Å². The molecule has 0 aromatic heterocycles. The number of unbranched alkanes of at least 4 members (excludes halogenated alkanes) is 14. The Kier molecular flexibility index (Phi) is 32.7. The highest BCUT2D eigenvalue weighted by Gasteiger charge is 2.09. The molecule has 0 fully saturated rings. The monoisotopic (exact) mass is 518 g/mol. The molecule has 0 aromatic carbocycles. The third-order valence-electron chi connectivity index (χ3n) is 5.12. The third-order valence-corrected chi connectivity index (χ3v) is 5.12. The second-order valence-electron chi connectivity index (χ2n) is 9.64. The van der Waals surface area contributed by atoms with Crippen LogP contribution in [0.15, 0.2) is 0 Å². The van der Waals surface area contributed by atoms with Gasteiger partial charge < -0.3 is 29.4 Å². The van der Waals surface area contributed by atoms with E-state index in [0.29, 0.717) is 0 Å². The molecule has 0 radical (unpaired) electrons. The highest BCUT2D eigenvalue weighted by atomic mass is 79.9. The average Bonchev–Trinajstić information content (AvgIpc) is 2.58. The maximum Gasteiger partial charge on any atom is 0.108 e. The molecule has 0 heterocycles. The summed E-state index contributed by atoms with van der Waals surface area (Å²) in [7, 11) is 7.34. The lowest BCUT2D eigenvalue weighted by atomic mass is 10.1. The van der Waals surface area contributed by atoms with Crippen LogP contribution in [-0.4, -0.2) is 61.0 Å². The lowest BCUT2D eigenvalue weighted by Crippen LogP contribution is -3.00. The van der Waals surface area contributed by atoms with Gasteiger partial charge in [-0.1, -0.05) is 90.9 Å². The highest BCUT2D eigenvalue weighted by molar-refractivity contribution is 4.46. The fourth-order valence-corrected chi connectivity index (χ4v) is 3.27. The second kappa shape index (κ2) is 25.9. The summed E-state index contributed by atoms with van der Waals surface area (Å²) in [4.78, 5) is 0. The summed E-state index contributed by atoms with van der Waals surface area (Å²) in [6, 6.07) is 0. The van der Waals surface area contributed by atoms with Crippen molar-refractivity contribution in [2.24, 2.45) is 0 Å². The Balaban J connectivity index is -0.000000211. The molecule has 2 N–H and O–H groups in total. The van der Waals surface area contributed by atoms with Crippen LogP contribution in [0, 0.1) is 0 Å². The van der Waals surface area contributed by atoms with Crippen LogP contribution in [0.25, 0.3) is 0 Å². The maximum atomic E-state index is 9.43.